The van der Waals surface area contributed by atoms with Crippen molar-refractivity contribution in [3.8, 4) is 11.4 Å². The second-order valence-electron chi connectivity index (χ2n) is 6.58. The van der Waals surface area contributed by atoms with Gasteiger partial charge in [-0.1, -0.05) is 43.3 Å². The van der Waals surface area contributed by atoms with Gasteiger partial charge in [0.15, 0.2) is 5.65 Å². The van der Waals surface area contributed by atoms with Gasteiger partial charge in [-0.15, -0.1) is 0 Å². The van der Waals surface area contributed by atoms with Gasteiger partial charge in [0.1, 0.15) is 17.6 Å². The van der Waals surface area contributed by atoms with Gasteiger partial charge in [0.25, 0.3) is 0 Å². The maximum absolute atomic E-state index is 5.51. The first-order chi connectivity index (χ1) is 13.8. The number of aromatic nitrogens is 3. The number of aryl methyl sites for hydroxylation is 1. The summed E-state index contributed by atoms with van der Waals surface area (Å²) in [4.78, 5) is 9.16. The highest BCUT2D eigenvalue weighted by Crippen LogP contribution is 2.21. The second kappa shape index (κ2) is 8.09. The van der Waals surface area contributed by atoms with Gasteiger partial charge in [-0.05, 0) is 60.4 Å². The fourth-order valence-electron chi connectivity index (χ4n) is 3.12. The zero-order chi connectivity index (χ0) is 19.3. The molecule has 0 unspecified atom stereocenters. The second-order valence-corrected chi connectivity index (χ2v) is 6.58. The van der Waals surface area contributed by atoms with Crippen LogP contribution in [0.1, 0.15) is 30.5 Å². The van der Waals surface area contributed by atoms with Crippen molar-refractivity contribution >= 4 is 23.3 Å². The van der Waals surface area contributed by atoms with Gasteiger partial charge in [-0.3, -0.25) is 4.57 Å². The fourth-order valence-corrected chi connectivity index (χ4v) is 3.12. The predicted octanol–water partition coefficient (Wildman–Crippen LogP) is 5.55. The molecule has 0 spiro atoms. The minimum Gasteiger partial charge on any atom is -0.494 e. The number of pyridine rings is 1. The van der Waals surface area contributed by atoms with E-state index in [4.69, 9.17) is 4.74 Å². The van der Waals surface area contributed by atoms with E-state index >= 15 is 0 Å². The lowest BCUT2D eigenvalue weighted by Gasteiger charge is -2.06. The highest BCUT2D eigenvalue weighted by Gasteiger charge is 2.07. The maximum Gasteiger partial charge on any atom is 0.164 e. The van der Waals surface area contributed by atoms with Crippen molar-refractivity contribution in [3.05, 3.63) is 83.8 Å². The summed E-state index contributed by atoms with van der Waals surface area (Å²) in [5, 5.41) is 0. The molecule has 28 heavy (non-hydrogen) atoms. The summed E-state index contributed by atoms with van der Waals surface area (Å²) >= 11 is 0. The summed E-state index contributed by atoms with van der Waals surface area (Å²) in [5.74, 6) is 0.864. The van der Waals surface area contributed by atoms with Gasteiger partial charge in [0.2, 0.25) is 0 Å². The molecule has 0 aliphatic carbocycles. The van der Waals surface area contributed by atoms with Crippen molar-refractivity contribution in [2.45, 2.75) is 20.3 Å². The van der Waals surface area contributed by atoms with Crippen LogP contribution < -0.4 is 4.74 Å². The summed E-state index contributed by atoms with van der Waals surface area (Å²) in [6.45, 7) is 4.81. The molecule has 4 nitrogen and oxygen atoms in total. The van der Waals surface area contributed by atoms with Gasteiger partial charge >= 0.3 is 0 Å². The fraction of sp³-hybridized carbons (Fsp3) is 0.167. The average Bonchev–Trinajstić information content (AvgIpc) is 3.17. The third-order valence-corrected chi connectivity index (χ3v) is 4.69. The zero-order valence-corrected chi connectivity index (χ0v) is 16.2. The van der Waals surface area contributed by atoms with E-state index in [0.717, 1.165) is 34.6 Å². The molecule has 0 amide bonds. The highest BCUT2D eigenvalue weighted by atomic mass is 16.5. The molecule has 0 radical (unpaired) electrons. The number of hydrogen-bond donors (Lipinski definition) is 0. The predicted molar refractivity (Wildman–Crippen MR) is 115 cm³/mol. The van der Waals surface area contributed by atoms with Gasteiger partial charge in [-0.2, -0.15) is 0 Å². The van der Waals surface area contributed by atoms with E-state index in [1.165, 1.54) is 11.1 Å². The number of imidazole rings is 1. The number of ether oxygens (including phenoxy) is 1. The summed E-state index contributed by atoms with van der Waals surface area (Å²) in [7, 11) is 0. The van der Waals surface area contributed by atoms with Crippen LogP contribution in [-0.4, -0.2) is 21.1 Å². The van der Waals surface area contributed by atoms with Crippen molar-refractivity contribution in [1.82, 2.24) is 14.5 Å². The lowest BCUT2D eigenvalue weighted by Crippen LogP contribution is -1.95. The topological polar surface area (TPSA) is 39.9 Å². The van der Waals surface area contributed by atoms with Gasteiger partial charge in [-0.25, -0.2) is 9.97 Å². The third kappa shape index (κ3) is 3.81. The summed E-state index contributed by atoms with van der Waals surface area (Å²) in [6.07, 6.45) is 8.92. The first kappa shape index (κ1) is 18.0. The van der Waals surface area contributed by atoms with Crippen molar-refractivity contribution in [2.24, 2.45) is 0 Å². The highest BCUT2D eigenvalue weighted by molar-refractivity contribution is 5.78. The molecule has 4 heteroatoms. The van der Waals surface area contributed by atoms with E-state index in [1.807, 2.05) is 48.3 Å². The van der Waals surface area contributed by atoms with E-state index in [-0.39, 0.29) is 0 Å². The minimum atomic E-state index is 0.661. The molecular formula is C24H23N3O. The van der Waals surface area contributed by atoms with E-state index in [2.05, 4.69) is 59.4 Å². The Morgan fingerprint density at radius 3 is 2.36 bits per heavy atom. The lowest BCUT2D eigenvalue weighted by molar-refractivity contribution is 0.340. The summed E-state index contributed by atoms with van der Waals surface area (Å²) < 4.78 is 7.50. The number of fused-ring (bicyclic) bond motifs is 1. The molecule has 0 bridgehead atoms. The SMILES string of the molecule is CCOc1ccc(-n2cnc3cc(/C=C/c4ccc(CC)cc4)cnc32)cc1. The van der Waals surface area contributed by atoms with Crippen LogP contribution in [0.3, 0.4) is 0 Å². The summed E-state index contributed by atoms with van der Waals surface area (Å²) in [5.41, 5.74) is 6.28. The average molecular weight is 369 g/mol. The van der Waals surface area contributed by atoms with Crippen molar-refractivity contribution < 1.29 is 4.74 Å². The number of hydrogen-bond acceptors (Lipinski definition) is 3. The monoisotopic (exact) mass is 369 g/mol. The van der Waals surface area contributed by atoms with Crippen LogP contribution in [0.25, 0.3) is 29.0 Å². The lowest BCUT2D eigenvalue weighted by atomic mass is 10.1. The standard InChI is InChI=1S/C24H23N3O/c1-3-18-5-7-19(8-6-18)9-10-20-15-23-24(25-16-20)27(17-26-23)21-11-13-22(14-12-21)28-4-2/h5-17H,3-4H2,1-2H3/b10-9+. The van der Waals surface area contributed by atoms with Crippen LogP contribution in [0.4, 0.5) is 0 Å². The molecule has 0 fully saturated rings. The Hall–Kier alpha value is -3.40. The molecule has 4 rings (SSSR count). The molecule has 0 saturated heterocycles. The van der Waals surface area contributed by atoms with Crippen LogP contribution in [0.5, 0.6) is 5.75 Å². The minimum absolute atomic E-state index is 0.661. The van der Waals surface area contributed by atoms with Gasteiger partial charge in [0, 0.05) is 11.9 Å². The van der Waals surface area contributed by atoms with Crippen LogP contribution >= 0.6 is 0 Å². The van der Waals surface area contributed by atoms with E-state index in [1.54, 1.807) is 0 Å². The van der Waals surface area contributed by atoms with Crippen molar-refractivity contribution in [3.63, 3.8) is 0 Å². The molecular weight excluding hydrogens is 346 g/mol. The quantitative estimate of drug-likeness (QED) is 0.447. The largest absolute Gasteiger partial charge is 0.494 e. The van der Waals surface area contributed by atoms with Gasteiger partial charge < -0.3 is 4.74 Å². The van der Waals surface area contributed by atoms with Crippen LogP contribution in [0.15, 0.2) is 67.1 Å². The Labute approximate surface area is 165 Å². The Kier molecular flexibility index (Phi) is 5.20. The Morgan fingerprint density at radius 1 is 0.893 bits per heavy atom. The molecule has 2 heterocycles. The third-order valence-electron chi connectivity index (χ3n) is 4.69. The number of rotatable bonds is 6. The molecule has 0 N–H and O–H groups in total. The van der Waals surface area contributed by atoms with E-state index in [0.29, 0.717) is 6.61 Å². The zero-order valence-electron chi connectivity index (χ0n) is 16.2. The maximum atomic E-state index is 5.51. The molecule has 2 aromatic heterocycles. The molecule has 0 atom stereocenters. The summed E-state index contributed by atoms with van der Waals surface area (Å²) in [6, 6.07) is 18.6. The van der Waals surface area contributed by atoms with Crippen LogP contribution in [0.2, 0.25) is 0 Å². The Balaban J connectivity index is 1.57. The van der Waals surface area contributed by atoms with Crippen LogP contribution in [-0.2, 0) is 6.42 Å². The van der Waals surface area contributed by atoms with Crippen molar-refractivity contribution in [2.75, 3.05) is 6.61 Å². The molecule has 4 aromatic rings. The van der Waals surface area contributed by atoms with Gasteiger partial charge in [0.05, 0.1) is 6.61 Å². The number of benzene rings is 2. The normalized spacial score (nSPS) is 11.4. The van der Waals surface area contributed by atoms with Crippen LogP contribution in [0, 0.1) is 0 Å². The number of nitrogens with zero attached hydrogens (tertiary/aromatic N) is 3. The smallest absolute Gasteiger partial charge is 0.164 e. The molecule has 0 aliphatic rings. The first-order valence-electron chi connectivity index (χ1n) is 9.60. The molecule has 0 aliphatic heterocycles. The van der Waals surface area contributed by atoms with E-state index in [9.17, 15) is 0 Å². The van der Waals surface area contributed by atoms with E-state index < -0.39 is 0 Å². The molecule has 140 valence electrons. The molecule has 0 saturated carbocycles. The Bertz CT molecular complexity index is 1090. The first-order valence-corrected chi connectivity index (χ1v) is 9.60. The molecule has 2 aromatic carbocycles. The Morgan fingerprint density at radius 2 is 1.64 bits per heavy atom. The van der Waals surface area contributed by atoms with Crippen molar-refractivity contribution in [1.29, 1.82) is 0 Å².